The van der Waals surface area contributed by atoms with Crippen LogP contribution in [0.5, 0.6) is 0 Å². The largest absolute Gasteiger partial charge is 0.467 e. The van der Waals surface area contributed by atoms with E-state index in [1.54, 1.807) is 6.08 Å². The van der Waals surface area contributed by atoms with Crippen LogP contribution < -0.4 is 5.32 Å². The quantitative estimate of drug-likeness (QED) is 0.652. The van der Waals surface area contributed by atoms with Crippen molar-refractivity contribution in [2.24, 2.45) is 5.92 Å². The van der Waals surface area contributed by atoms with Crippen molar-refractivity contribution in [2.45, 2.75) is 26.3 Å². The molecule has 2 unspecified atom stereocenters. The lowest BCUT2D eigenvalue weighted by molar-refractivity contribution is -0.146. The molecule has 0 aliphatic rings. The van der Waals surface area contributed by atoms with Crippen LogP contribution in [0.15, 0.2) is 30.3 Å². The first-order valence-corrected chi connectivity index (χ1v) is 8.28. The smallest absolute Gasteiger partial charge is 0.328 e. The number of esters is 1. The van der Waals surface area contributed by atoms with E-state index in [9.17, 15) is 9.59 Å². The SMILES string of the molecule is CCC(C)C(NC(=O)/C=C/c1nc2ccccc2s1)C(=O)OC. The summed E-state index contributed by atoms with van der Waals surface area (Å²) in [4.78, 5) is 28.2. The van der Waals surface area contributed by atoms with Gasteiger partial charge in [0, 0.05) is 6.08 Å². The maximum absolute atomic E-state index is 12.1. The fraction of sp³-hybridized carbons (Fsp3) is 0.353. The molecule has 1 N–H and O–H groups in total. The van der Waals surface area contributed by atoms with Gasteiger partial charge in [0.15, 0.2) is 0 Å². The van der Waals surface area contributed by atoms with E-state index in [-0.39, 0.29) is 11.8 Å². The maximum Gasteiger partial charge on any atom is 0.328 e. The van der Waals surface area contributed by atoms with Gasteiger partial charge in [-0.3, -0.25) is 4.79 Å². The Balaban J connectivity index is 2.06. The Morgan fingerprint density at radius 2 is 2.13 bits per heavy atom. The van der Waals surface area contributed by atoms with Crippen molar-refractivity contribution in [3.05, 3.63) is 35.3 Å². The minimum Gasteiger partial charge on any atom is -0.467 e. The van der Waals surface area contributed by atoms with E-state index < -0.39 is 12.0 Å². The number of thiazole rings is 1. The lowest BCUT2D eigenvalue weighted by Gasteiger charge is -2.20. The molecule has 2 aromatic rings. The third-order valence-corrected chi connectivity index (χ3v) is 4.66. The molecule has 5 nitrogen and oxygen atoms in total. The molecule has 0 saturated heterocycles. The first kappa shape index (κ1) is 17.1. The summed E-state index contributed by atoms with van der Waals surface area (Å²) in [7, 11) is 1.32. The second-order valence-corrected chi connectivity index (χ2v) is 6.31. The molecule has 0 aliphatic heterocycles. The highest BCUT2D eigenvalue weighted by Gasteiger charge is 2.25. The Bertz CT molecular complexity index is 690. The second kappa shape index (κ2) is 7.87. The van der Waals surface area contributed by atoms with Crippen LogP contribution in [-0.4, -0.2) is 30.0 Å². The van der Waals surface area contributed by atoms with Crippen molar-refractivity contribution in [3.63, 3.8) is 0 Å². The monoisotopic (exact) mass is 332 g/mol. The van der Waals surface area contributed by atoms with Crippen molar-refractivity contribution in [1.82, 2.24) is 10.3 Å². The highest BCUT2D eigenvalue weighted by atomic mass is 32.1. The van der Waals surface area contributed by atoms with Crippen molar-refractivity contribution in [2.75, 3.05) is 7.11 Å². The number of ether oxygens (including phenoxy) is 1. The van der Waals surface area contributed by atoms with Crippen molar-refractivity contribution < 1.29 is 14.3 Å². The molecule has 23 heavy (non-hydrogen) atoms. The summed E-state index contributed by atoms with van der Waals surface area (Å²) >= 11 is 1.51. The van der Waals surface area contributed by atoms with Crippen LogP contribution in [0, 0.1) is 5.92 Å². The number of amides is 1. The fourth-order valence-corrected chi connectivity index (χ4v) is 2.98. The minimum atomic E-state index is -0.641. The van der Waals surface area contributed by atoms with E-state index in [0.29, 0.717) is 0 Å². The zero-order chi connectivity index (χ0) is 16.8. The molecule has 1 amide bonds. The lowest BCUT2D eigenvalue weighted by Crippen LogP contribution is -2.45. The van der Waals surface area contributed by atoms with Crippen LogP contribution in [0.2, 0.25) is 0 Å². The van der Waals surface area contributed by atoms with Gasteiger partial charge in [-0.2, -0.15) is 0 Å². The molecule has 0 bridgehead atoms. The number of nitrogens with one attached hydrogen (secondary N) is 1. The van der Waals surface area contributed by atoms with E-state index in [1.165, 1.54) is 24.5 Å². The summed E-state index contributed by atoms with van der Waals surface area (Å²) < 4.78 is 5.82. The van der Waals surface area contributed by atoms with E-state index in [2.05, 4.69) is 10.3 Å². The van der Waals surface area contributed by atoms with Gasteiger partial charge in [-0.05, 0) is 24.1 Å². The molecule has 2 rings (SSSR count). The van der Waals surface area contributed by atoms with Gasteiger partial charge in [-0.15, -0.1) is 11.3 Å². The van der Waals surface area contributed by atoms with E-state index in [1.807, 2.05) is 38.1 Å². The summed E-state index contributed by atoms with van der Waals surface area (Å²) in [6.07, 6.45) is 3.82. The zero-order valence-electron chi connectivity index (χ0n) is 13.4. The lowest BCUT2D eigenvalue weighted by atomic mass is 9.99. The number of carbonyl (C=O) groups excluding carboxylic acids is 2. The first-order chi connectivity index (χ1) is 11.0. The van der Waals surface area contributed by atoms with Gasteiger partial charge in [0.1, 0.15) is 11.0 Å². The van der Waals surface area contributed by atoms with Crippen LogP contribution in [0.3, 0.4) is 0 Å². The van der Waals surface area contributed by atoms with Crippen molar-refractivity contribution in [1.29, 1.82) is 0 Å². The molecular weight excluding hydrogens is 312 g/mol. The summed E-state index contributed by atoms with van der Waals surface area (Å²) in [6, 6.07) is 7.15. The number of nitrogens with zero attached hydrogens (tertiary/aromatic N) is 1. The number of fused-ring (bicyclic) bond motifs is 1. The first-order valence-electron chi connectivity index (χ1n) is 7.47. The second-order valence-electron chi connectivity index (χ2n) is 5.25. The van der Waals surface area contributed by atoms with Gasteiger partial charge in [0.2, 0.25) is 5.91 Å². The van der Waals surface area contributed by atoms with Gasteiger partial charge in [0.25, 0.3) is 0 Å². The van der Waals surface area contributed by atoms with Crippen LogP contribution in [-0.2, 0) is 14.3 Å². The molecular formula is C17H20N2O3S. The molecule has 0 saturated carbocycles. The average Bonchev–Trinajstić information content (AvgIpc) is 2.99. The molecule has 0 fully saturated rings. The Morgan fingerprint density at radius 3 is 2.78 bits per heavy atom. The highest BCUT2D eigenvalue weighted by molar-refractivity contribution is 7.19. The van der Waals surface area contributed by atoms with Crippen molar-refractivity contribution >= 4 is 39.5 Å². The average molecular weight is 332 g/mol. The Labute approximate surface area is 139 Å². The third-order valence-electron chi connectivity index (χ3n) is 3.65. The molecule has 2 atom stereocenters. The molecule has 0 spiro atoms. The van der Waals surface area contributed by atoms with Crippen LogP contribution in [0.4, 0.5) is 0 Å². The maximum atomic E-state index is 12.1. The topological polar surface area (TPSA) is 68.3 Å². The van der Waals surface area contributed by atoms with Crippen molar-refractivity contribution in [3.8, 4) is 0 Å². The van der Waals surface area contributed by atoms with Gasteiger partial charge in [-0.1, -0.05) is 32.4 Å². The van der Waals surface area contributed by atoms with Gasteiger partial charge in [0.05, 0.1) is 17.3 Å². The number of hydrogen-bond acceptors (Lipinski definition) is 5. The Kier molecular flexibility index (Phi) is 5.87. The van der Waals surface area contributed by atoms with Gasteiger partial charge >= 0.3 is 5.97 Å². The van der Waals surface area contributed by atoms with Crippen LogP contribution in [0.25, 0.3) is 16.3 Å². The van der Waals surface area contributed by atoms with Gasteiger partial charge in [-0.25, -0.2) is 9.78 Å². The summed E-state index contributed by atoms with van der Waals surface area (Å²) in [5.74, 6) is -0.761. The Morgan fingerprint density at radius 1 is 1.39 bits per heavy atom. The Hall–Kier alpha value is -2.21. The molecule has 0 radical (unpaired) electrons. The van der Waals surface area contributed by atoms with Crippen LogP contribution >= 0.6 is 11.3 Å². The molecule has 6 heteroatoms. The fourth-order valence-electron chi connectivity index (χ4n) is 2.11. The number of aromatic nitrogens is 1. The molecule has 1 aromatic carbocycles. The number of methoxy groups -OCH3 is 1. The zero-order valence-corrected chi connectivity index (χ0v) is 14.2. The molecule has 122 valence electrons. The molecule has 1 aromatic heterocycles. The summed E-state index contributed by atoms with van der Waals surface area (Å²) in [5, 5.41) is 3.45. The predicted octanol–water partition coefficient (Wildman–Crippen LogP) is 3.01. The van der Waals surface area contributed by atoms with E-state index in [0.717, 1.165) is 21.6 Å². The number of hydrogen-bond donors (Lipinski definition) is 1. The van der Waals surface area contributed by atoms with Crippen LogP contribution in [0.1, 0.15) is 25.3 Å². The normalized spacial score (nSPS) is 13.9. The van der Waals surface area contributed by atoms with E-state index >= 15 is 0 Å². The predicted molar refractivity (Wildman–Crippen MR) is 92.1 cm³/mol. The number of benzene rings is 1. The minimum absolute atomic E-state index is 0.00208. The molecule has 1 heterocycles. The van der Waals surface area contributed by atoms with Gasteiger partial charge < -0.3 is 10.1 Å². The highest BCUT2D eigenvalue weighted by Crippen LogP contribution is 2.22. The standard InChI is InChI=1S/C17H20N2O3S/c1-4-11(2)16(17(21)22-3)19-14(20)9-10-15-18-12-7-5-6-8-13(12)23-15/h5-11,16H,4H2,1-3H3,(H,19,20)/b10-9+. The number of para-hydroxylation sites is 1. The number of rotatable bonds is 6. The summed E-state index contributed by atoms with van der Waals surface area (Å²) in [6.45, 7) is 3.86. The third kappa shape index (κ3) is 4.39. The molecule has 0 aliphatic carbocycles. The van der Waals surface area contributed by atoms with E-state index in [4.69, 9.17) is 4.74 Å². The number of carbonyl (C=O) groups is 2. The summed E-state index contributed by atoms with van der Waals surface area (Å²) in [5.41, 5.74) is 0.907.